The number of phosphoric acid groups is 1. The zero-order chi connectivity index (χ0) is 53.5. The molecule has 0 aromatic rings. The van der Waals surface area contributed by atoms with Crippen LogP contribution in [0.15, 0.2) is 85.1 Å². The molecule has 0 heterocycles. The molecule has 2 atom stereocenters. The average molecular weight is 1040 g/mol. The zero-order valence-electron chi connectivity index (χ0n) is 47.8. The third kappa shape index (κ3) is 58.3. The number of unbranched alkanes of at least 4 members (excludes halogenated alkanes) is 26. The summed E-state index contributed by atoms with van der Waals surface area (Å²) in [5.74, 6) is -0.841. The summed E-state index contributed by atoms with van der Waals surface area (Å²) in [5.41, 5.74) is 0. The molecule has 0 aromatic carbocycles. The quantitative estimate of drug-likeness (QED) is 0.0195. The molecule has 0 saturated heterocycles. The highest BCUT2D eigenvalue weighted by Crippen LogP contribution is 2.38. The molecule has 10 heteroatoms. The summed E-state index contributed by atoms with van der Waals surface area (Å²) < 4.78 is 34.1. The van der Waals surface area contributed by atoms with Crippen LogP contribution in [0.1, 0.15) is 251 Å². The topological polar surface area (TPSA) is 111 Å². The largest absolute Gasteiger partial charge is 0.756 e. The maximum absolute atomic E-state index is 12.8. The number of likely N-dealkylation sites (N-methyl/N-ethyl adjacent to an activating group) is 1. The molecule has 0 aliphatic carbocycles. The van der Waals surface area contributed by atoms with Crippen LogP contribution in [0.4, 0.5) is 0 Å². The van der Waals surface area contributed by atoms with Crippen molar-refractivity contribution in [3.63, 3.8) is 0 Å². The number of nitrogens with zero attached hydrogens (tertiary/aromatic N) is 1. The van der Waals surface area contributed by atoms with Crippen LogP contribution in [-0.4, -0.2) is 70.0 Å². The van der Waals surface area contributed by atoms with Crippen LogP contribution in [0.2, 0.25) is 0 Å². The fourth-order valence-corrected chi connectivity index (χ4v) is 8.80. The molecular formula is C63H112NO8P. The van der Waals surface area contributed by atoms with E-state index in [0.717, 1.165) is 96.3 Å². The van der Waals surface area contributed by atoms with E-state index in [-0.39, 0.29) is 26.1 Å². The first-order valence-corrected chi connectivity index (χ1v) is 31.3. The van der Waals surface area contributed by atoms with Crippen LogP contribution < -0.4 is 4.89 Å². The molecule has 0 N–H and O–H groups in total. The molecule has 0 aliphatic rings. The van der Waals surface area contributed by atoms with E-state index in [1.165, 1.54) is 122 Å². The van der Waals surface area contributed by atoms with E-state index in [4.69, 9.17) is 18.5 Å². The number of ether oxygens (including phenoxy) is 2. The van der Waals surface area contributed by atoms with Gasteiger partial charge >= 0.3 is 11.9 Å². The Kier molecular flexibility index (Phi) is 51.9. The van der Waals surface area contributed by atoms with Crippen molar-refractivity contribution in [1.82, 2.24) is 0 Å². The summed E-state index contributed by atoms with van der Waals surface area (Å²) in [6, 6.07) is 0. The summed E-state index contributed by atoms with van der Waals surface area (Å²) in [4.78, 5) is 37.8. The minimum Gasteiger partial charge on any atom is -0.756 e. The standard InChI is InChI=1S/C63H112NO8P/c1-6-8-10-12-14-16-18-20-22-24-25-26-27-28-29-30-31-32-33-34-35-36-37-38-39-40-42-44-46-48-50-52-54-56-63(66)72-61(60-71-73(67,68)70-58-57-64(3,4)5)59-69-62(65)55-53-51-49-47-45-43-41-23-21-19-17-15-13-11-9-7-2/h8,10,14,16,20,22-23,25-26,28-29,31-32,41,61H,6-7,9,11-13,15,17-19,21,24,27,30,33-40,42-60H2,1-5H3/b10-8-,16-14-,22-20-,26-25-,29-28-,32-31-,41-23-. The predicted molar refractivity (Wildman–Crippen MR) is 309 cm³/mol. The number of allylic oxidation sites excluding steroid dienone is 14. The molecule has 0 radical (unpaired) electrons. The molecule has 2 unspecified atom stereocenters. The number of hydrogen-bond donors (Lipinski definition) is 0. The van der Waals surface area contributed by atoms with Crippen LogP contribution in [0.25, 0.3) is 0 Å². The van der Waals surface area contributed by atoms with Crippen molar-refractivity contribution in [1.29, 1.82) is 0 Å². The van der Waals surface area contributed by atoms with Crippen LogP contribution in [-0.2, 0) is 32.7 Å². The Hall–Kier alpha value is -2.81. The molecule has 0 amide bonds. The van der Waals surface area contributed by atoms with Gasteiger partial charge in [-0.2, -0.15) is 0 Å². The number of esters is 2. The van der Waals surface area contributed by atoms with Gasteiger partial charge in [0.1, 0.15) is 19.8 Å². The number of carbonyl (C=O) groups excluding carboxylic acids is 2. The third-order valence-electron chi connectivity index (χ3n) is 12.6. The highest BCUT2D eigenvalue weighted by atomic mass is 31.2. The highest BCUT2D eigenvalue weighted by molar-refractivity contribution is 7.45. The van der Waals surface area contributed by atoms with Gasteiger partial charge in [-0.15, -0.1) is 0 Å². The molecule has 73 heavy (non-hydrogen) atoms. The van der Waals surface area contributed by atoms with E-state index in [9.17, 15) is 19.0 Å². The Bertz CT molecular complexity index is 1510. The van der Waals surface area contributed by atoms with Gasteiger partial charge in [0.15, 0.2) is 6.10 Å². The molecule has 0 aromatic heterocycles. The van der Waals surface area contributed by atoms with E-state index in [0.29, 0.717) is 17.4 Å². The van der Waals surface area contributed by atoms with Crippen LogP contribution in [0.3, 0.4) is 0 Å². The fraction of sp³-hybridized carbons (Fsp3) is 0.746. The van der Waals surface area contributed by atoms with Gasteiger partial charge in [0, 0.05) is 12.8 Å². The van der Waals surface area contributed by atoms with Crippen LogP contribution in [0, 0.1) is 0 Å². The van der Waals surface area contributed by atoms with E-state index >= 15 is 0 Å². The minimum absolute atomic E-state index is 0.0343. The molecule has 422 valence electrons. The van der Waals surface area contributed by atoms with Crippen molar-refractivity contribution < 1.29 is 42.1 Å². The van der Waals surface area contributed by atoms with Gasteiger partial charge < -0.3 is 27.9 Å². The number of carbonyl (C=O) groups is 2. The van der Waals surface area contributed by atoms with Crippen molar-refractivity contribution in [3.05, 3.63) is 85.1 Å². The minimum atomic E-state index is -4.64. The first kappa shape index (κ1) is 70.2. The molecule has 0 fully saturated rings. The summed E-state index contributed by atoms with van der Waals surface area (Å²) >= 11 is 0. The summed E-state index contributed by atoms with van der Waals surface area (Å²) in [6.45, 7) is 4.12. The first-order chi connectivity index (χ1) is 35.5. The maximum atomic E-state index is 12.8. The van der Waals surface area contributed by atoms with Crippen LogP contribution >= 0.6 is 7.82 Å². The van der Waals surface area contributed by atoms with Crippen LogP contribution in [0.5, 0.6) is 0 Å². The Morgan fingerprint density at radius 3 is 1.18 bits per heavy atom. The van der Waals surface area contributed by atoms with Crippen molar-refractivity contribution >= 4 is 19.8 Å². The van der Waals surface area contributed by atoms with Gasteiger partial charge in [-0.1, -0.05) is 234 Å². The lowest BCUT2D eigenvalue weighted by Crippen LogP contribution is -2.37. The van der Waals surface area contributed by atoms with Gasteiger partial charge in [0.2, 0.25) is 0 Å². The number of quaternary nitrogens is 1. The second-order valence-corrected chi connectivity index (χ2v) is 22.4. The molecule has 9 nitrogen and oxygen atoms in total. The molecule has 0 saturated carbocycles. The van der Waals surface area contributed by atoms with Crippen molar-refractivity contribution in [2.75, 3.05) is 47.5 Å². The number of hydrogen-bond acceptors (Lipinski definition) is 8. The normalized spacial score (nSPS) is 13.9. The van der Waals surface area contributed by atoms with Crippen molar-refractivity contribution in [3.8, 4) is 0 Å². The van der Waals surface area contributed by atoms with E-state index < -0.39 is 32.5 Å². The predicted octanol–water partition coefficient (Wildman–Crippen LogP) is 18.0. The summed E-state index contributed by atoms with van der Waals surface area (Å²) in [5, 5.41) is 0. The number of phosphoric ester groups is 1. The van der Waals surface area contributed by atoms with E-state index in [1.807, 2.05) is 21.1 Å². The van der Waals surface area contributed by atoms with Gasteiger partial charge in [0.05, 0.1) is 27.7 Å². The smallest absolute Gasteiger partial charge is 0.306 e. The monoisotopic (exact) mass is 1040 g/mol. The van der Waals surface area contributed by atoms with Gasteiger partial charge in [-0.25, -0.2) is 0 Å². The van der Waals surface area contributed by atoms with E-state index in [1.54, 1.807) is 0 Å². The Labute approximate surface area is 450 Å². The average Bonchev–Trinajstić information content (AvgIpc) is 3.35. The lowest BCUT2D eigenvalue weighted by Gasteiger charge is -2.28. The van der Waals surface area contributed by atoms with Crippen molar-refractivity contribution in [2.45, 2.75) is 258 Å². The summed E-state index contributed by atoms with van der Waals surface area (Å²) in [7, 11) is 1.16. The van der Waals surface area contributed by atoms with Gasteiger partial charge in [-0.3, -0.25) is 14.2 Å². The lowest BCUT2D eigenvalue weighted by atomic mass is 10.0. The van der Waals surface area contributed by atoms with Gasteiger partial charge in [0.25, 0.3) is 7.82 Å². The van der Waals surface area contributed by atoms with Gasteiger partial charge in [-0.05, 0) is 89.9 Å². The van der Waals surface area contributed by atoms with E-state index in [2.05, 4.69) is 98.9 Å². The maximum Gasteiger partial charge on any atom is 0.306 e. The lowest BCUT2D eigenvalue weighted by molar-refractivity contribution is -0.870. The summed E-state index contributed by atoms with van der Waals surface area (Å²) in [6.07, 6.45) is 72.0. The Morgan fingerprint density at radius 2 is 0.781 bits per heavy atom. The molecule has 0 aliphatic heterocycles. The fourth-order valence-electron chi connectivity index (χ4n) is 8.07. The van der Waals surface area contributed by atoms with Crippen molar-refractivity contribution in [2.24, 2.45) is 0 Å². The second-order valence-electron chi connectivity index (χ2n) is 21.0. The Balaban J connectivity index is 4.10. The molecule has 0 rings (SSSR count). The molecule has 0 spiro atoms. The first-order valence-electron chi connectivity index (χ1n) is 29.8. The molecular weight excluding hydrogens is 930 g/mol. The number of rotatable bonds is 54. The second kappa shape index (κ2) is 54.0. The zero-order valence-corrected chi connectivity index (χ0v) is 48.7. The SMILES string of the molecule is CC/C=C\C/C=C\C/C=C\C/C=C\C/C=C\C/C=C\CCCCCCCCCCCCCCCCC(=O)OC(COC(=O)CCCCCCC/C=C\CCCCCCCCC)COP(=O)([O-])OCC[N+](C)(C)C. The highest BCUT2D eigenvalue weighted by Gasteiger charge is 2.22. The molecule has 0 bridgehead atoms. The third-order valence-corrected chi connectivity index (χ3v) is 13.6. The Morgan fingerprint density at radius 1 is 0.438 bits per heavy atom.